The van der Waals surface area contributed by atoms with Crippen LogP contribution in [0, 0.1) is 11.7 Å². The van der Waals surface area contributed by atoms with Crippen LogP contribution in [0.25, 0.3) is 11.3 Å². The second-order valence-corrected chi connectivity index (χ2v) is 4.68. The first-order chi connectivity index (χ1) is 9.02. The number of hydrogen-bond acceptors (Lipinski definition) is 4. The Bertz CT molecular complexity index is 566. The van der Waals surface area contributed by atoms with Gasteiger partial charge in [0, 0.05) is 0 Å². The summed E-state index contributed by atoms with van der Waals surface area (Å²) in [5.41, 5.74) is 6.49. The molecule has 0 saturated heterocycles. The second kappa shape index (κ2) is 5.40. The van der Waals surface area contributed by atoms with Crippen LogP contribution in [-0.2, 0) is 0 Å². The Labute approximate surface area is 111 Å². The van der Waals surface area contributed by atoms with Crippen molar-refractivity contribution in [3.8, 4) is 17.1 Å². The van der Waals surface area contributed by atoms with Crippen molar-refractivity contribution in [2.24, 2.45) is 11.7 Å². The van der Waals surface area contributed by atoms with Crippen molar-refractivity contribution in [2.75, 3.05) is 7.11 Å². The zero-order chi connectivity index (χ0) is 14.0. The molecule has 1 aromatic heterocycles. The van der Waals surface area contributed by atoms with E-state index in [-0.39, 0.29) is 17.8 Å². The van der Waals surface area contributed by atoms with E-state index in [1.54, 1.807) is 6.07 Å². The van der Waals surface area contributed by atoms with Crippen molar-refractivity contribution < 1.29 is 13.5 Å². The standard InChI is InChI=1S/C14H17FN2O2/c1-8(2)13(16)14-17-7-12(19-14)10-6-9(15)4-5-11(10)18-3/h4-8,13H,16H2,1-3H3. The molecule has 0 aliphatic heterocycles. The highest BCUT2D eigenvalue weighted by Gasteiger charge is 2.18. The molecule has 1 aromatic carbocycles. The van der Waals surface area contributed by atoms with E-state index < -0.39 is 0 Å². The van der Waals surface area contributed by atoms with E-state index in [1.165, 1.54) is 25.4 Å². The van der Waals surface area contributed by atoms with Crippen molar-refractivity contribution in [3.05, 3.63) is 36.1 Å². The summed E-state index contributed by atoms with van der Waals surface area (Å²) in [7, 11) is 1.52. The Morgan fingerprint density at radius 3 is 2.74 bits per heavy atom. The smallest absolute Gasteiger partial charge is 0.212 e. The lowest BCUT2D eigenvalue weighted by atomic mass is 10.1. The molecule has 0 saturated carbocycles. The van der Waals surface area contributed by atoms with E-state index in [9.17, 15) is 4.39 Å². The monoisotopic (exact) mass is 264 g/mol. The zero-order valence-corrected chi connectivity index (χ0v) is 11.2. The van der Waals surface area contributed by atoms with Crippen molar-refractivity contribution in [1.29, 1.82) is 0 Å². The Kier molecular flexibility index (Phi) is 3.85. The minimum Gasteiger partial charge on any atom is -0.496 e. The molecule has 0 spiro atoms. The fourth-order valence-corrected chi connectivity index (χ4v) is 1.72. The normalized spacial score (nSPS) is 12.7. The number of nitrogens with two attached hydrogens (primary N) is 1. The van der Waals surface area contributed by atoms with Crippen LogP contribution in [0.5, 0.6) is 5.75 Å². The van der Waals surface area contributed by atoms with Crippen LogP contribution >= 0.6 is 0 Å². The third-order valence-corrected chi connectivity index (χ3v) is 2.95. The van der Waals surface area contributed by atoms with Crippen LogP contribution in [0.3, 0.4) is 0 Å². The fourth-order valence-electron chi connectivity index (χ4n) is 1.72. The first kappa shape index (κ1) is 13.5. The highest BCUT2D eigenvalue weighted by molar-refractivity contribution is 5.65. The van der Waals surface area contributed by atoms with Gasteiger partial charge in [-0.2, -0.15) is 0 Å². The second-order valence-electron chi connectivity index (χ2n) is 4.68. The SMILES string of the molecule is COc1ccc(F)cc1-c1cnc(C(N)C(C)C)o1. The molecule has 1 atom stereocenters. The van der Waals surface area contributed by atoms with Gasteiger partial charge in [0.1, 0.15) is 11.6 Å². The molecule has 0 fully saturated rings. The largest absolute Gasteiger partial charge is 0.496 e. The van der Waals surface area contributed by atoms with E-state index >= 15 is 0 Å². The molecule has 0 amide bonds. The van der Waals surface area contributed by atoms with Gasteiger partial charge in [-0.15, -0.1) is 0 Å². The summed E-state index contributed by atoms with van der Waals surface area (Å²) in [6.45, 7) is 3.97. The van der Waals surface area contributed by atoms with Crippen molar-refractivity contribution in [1.82, 2.24) is 4.98 Å². The topological polar surface area (TPSA) is 61.3 Å². The van der Waals surface area contributed by atoms with Gasteiger partial charge in [-0.25, -0.2) is 9.37 Å². The minimum absolute atomic E-state index is 0.209. The number of methoxy groups -OCH3 is 1. The molecule has 2 aromatic rings. The maximum absolute atomic E-state index is 13.3. The van der Waals surface area contributed by atoms with E-state index in [0.717, 1.165) is 0 Å². The van der Waals surface area contributed by atoms with Gasteiger partial charge in [-0.3, -0.25) is 0 Å². The molecule has 1 heterocycles. The van der Waals surface area contributed by atoms with Gasteiger partial charge < -0.3 is 14.9 Å². The number of oxazole rings is 1. The van der Waals surface area contributed by atoms with Gasteiger partial charge in [0.05, 0.1) is 24.9 Å². The molecule has 0 bridgehead atoms. The number of halogens is 1. The molecule has 2 rings (SSSR count). The summed E-state index contributed by atoms with van der Waals surface area (Å²) in [6, 6.07) is 3.95. The van der Waals surface area contributed by atoms with E-state index in [4.69, 9.17) is 14.9 Å². The van der Waals surface area contributed by atoms with Gasteiger partial charge in [-0.1, -0.05) is 13.8 Å². The van der Waals surface area contributed by atoms with E-state index in [1.807, 2.05) is 13.8 Å². The zero-order valence-electron chi connectivity index (χ0n) is 11.2. The van der Waals surface area contributed by atoms with Crippen LogP contribution in [-0.4, -0.2) is 12.1 Å². The third-order valence-electron chi connectivity index (χ3n) is 2.95. The summed E-state index contributed by atoms with van der Waals surface area (Å²) in [6.07, 6.45) is 1.54. The molecular formula is C14H17FN2O2. The minimum atomic E-state index is -0.359. The summed E-state index contributed by atoms with van der Waals surface area (Å²) in [5.74, 6) is 1.27. The quantitative estimate of drug-likeness (QED) is 0.921. The number of ether oxygens (including phenoxy) is 1. The molecule has 1 unspecified atom stereocenters. The lowest BCUT2D eigenvalue weighted by molar-refractivity contribution is 0.389. The highest BCUT2D eigenvalue weighted by Crippen LogP contribution is 2.32. The lowest BCUT2D eigenvalue weighted by Crippen LogP contribution is -2.16. The van der Waals surface area contributed by atoms with Crippen molar-refractivity contribution in [2.45, 2.75) is 19.9 Å². The lowest BCUT2D eigenvalue weighted by Gasteiger charge is -2.11. The van der Waals surface area contributed by atoms with Crippen LogP contribution in [0.2, 0.25) is 0 Å². The van der Waals surface area contributed by atoms with Crippen LogP contribution < -0.4 is 10.5 Å². The molecule has 4 nitrogen and oxygen atoms in total. The third kappa shape index (κ3) is 2.76. The summed E-state index contributed by atoms with van der Waals surface area (Å²) in [5, 5.41) is 0. The Balaban J connectivity index is 2.40. The Hall–Kier alpha value is -1.88. The average Bonchev–Trinajstić information content (AvgIpc) is 2.87. The number of benzene rings is 1. The fraction of sp³-hybridized carbons (Fsp3) is 0.357. The van der Waals surface area contributed by atoms with Gasteiger partial charge in [0.2, 0.25) is 5.89 Å². The first-order valence-corrected chi connectivity index (χ1v) is 6.08. The first-order valence-electron chi connectivity index (χ1n) is 6.08. The molecular weight excluding hydrogens is 247 g/mol. The number of hydrogen-bond donors (Lipinski definition) is 1. The Morgan fingerprint density at radius 2 is 2.11 bits per heavy atom. The van der Waals surface area contributed by atoms with Crippen molar-refractivity contribution >= 4 is 0 Å². The van der Waals surface area contributed by atoms with Gasteiger partial charge in [-0.05, 0) is 24.1 Å². The van der Waals surface area contributed by atoms with Crippen LogP contribution in [0.1, 0.15) is 25.8 Å². The number of aromatic nitrogens is 1. The average molecular weight is 264 g/mol. The van der Waals surface area contributed by atoms with Crippen LogP contribution in [0.15, 0.2) is 28.8 Å². The number of nitrogens with zero attached hydrogens (tertiary/aromatic N) is 1. The van der Waals surface area contributed by atoms with E-state index in [0.29, 0.717) is 23.0 Å². The van der Waals surface area contributed by atoms with Crippen LogP contribution in [0.4, 0.5) is 4.39 Å². The highest BCUT2D eigenvalue weighted by atomic mass is 19.1. The van der Waals surface area contributed by atoms with Crippen molar-refractivity contribution in [3.63, 3.8) is 0 Å². The predicted octanol–water partition coefficient (Wildman–Crippen LogP) is 3.15. The maximum Gasteiger partial charge on any atom is 0.212 e. The maximum atomic E-state index is 13.3. The molecule has 102 valence electrons. The molecule has 0 radical (unpaired) electrons. The summed E-state index contributed by atoms with van der Waals surface area (Å²) in [4.78, 5) is 4.15. The van der Waals surface area contributed by atoms with E-state index in [2.05, 4.69) is 4.98 Å². The molecule has 5 heteroatoms. The summed E-state index contributed by atoms with van der Waals surface area (Å²) < 4.78 is 24.1. The van der Waals surface area contributed by atoms with Gasteiger partial charge >= 0.3 is 0 Å². The molecule has 2 N–H and O–H groups in total. The molecule has 19 heavy (non-hydrogen) atoms. The predicted molar refractivity (Wildman–Crippen MR) is 70.2 cm³/mol. The van der Waals surface area contributed by atoms with Gasteiger partial charge in [0.15, 0.2) is 5.76 Å². The Morgan fingerprint density at radius 1 is 1.37 bits per heavy atom. The van der Waals surface area contributed by atoms with Gasteiger partial charge in [0.25, 0.3) is 0 Å². The number of rotatable bonds is 4. The molecule has 0 aliphatic rings. The summed E-state index contributed by atoms with van der Waals surface area (Å²) >= 11 is 0. The molecule has 0 aliphatic carbocycles.